The number of hydrogen-bond donors (Lipinski definition) is 30. The van der Waals surface area contributed by atoms with Crippen molar-refractivity contribution < 1.29 is 160 Å². The number of unbranched alkanes of at least 4 members (excludes halogenated alkanes) is 2. The highest BCUT2D eigenvalue weighted by Crippen LogP contribution is 2.31. The van der Waals surface area contributed by atoms with Gasteiger partial charge in [0.1, 0.15) is 97.1 Å². The van der Waals surface area contributed by atoms with Crippen molar-refractivity contribution in [1.29, 1.82) is 0 Å². The van der Waals surface area contributed by atoms with E-state index in [9.17, 15) is 141 Å². The Morgan fingerprint density at radius 1 is 0.369 bits per heavy atom. The second-order valence-corrected chi connectivity index (χ2v) is 29.6. The van der Waals surface area contributed by atoms with Gasteiger partial charge in [0.15, 0.2) is 12.6 Å². The topological polar surface area (TPSA) is 896 Å². The van der Waals surface area contributed by atoms with Gasteiger partial charge in [-0.05, 0) is 86.0 Å². The van der Waals surface area contributed by atoms with Crippen molar-refractivity contribution in [2.45, 2.75) is 228 Å². The van der Waals surface area contributed by atoms with Crippen molar-refractivity contribution in [3.8, 4) is 0 Å². The number of primary amides is 2. The lowest BCUT2D eigenvalue weighted by molar-refractivity contribution is -0.333. The summed E-state index contributed by atoms with van der Waals surface area (Å²) >= 11 is 0. The average molecular weight is 1860 g/mol. The Morgan fingerprint density at radius 2 is 0.731 bits per heavy atom. The molecule has 2 aliphatic heterocycles. The van der Waals surface area contributed by atoms with Crippen LogP contribution in [0.25, 0.3) is 0 Å². The largest absolute Gasteiger partial charge is 0.480 e. The maximum atomic E-state index is 13.7. The Hall–Kier alpha value is -12.6. The number of aliphatic hydroxyl groups is 5. The van der Waals surface area contributed by atoms with E-state index in [4.69, 9.17) is 41.9 Å². The second-order valence-electron chi connectivity index (χ2n) is 29.6. The number of hydrogen-bond acceptors (Lipinski definition) is 34. The normalized spacial score (nSPS) is 20.0. The molecule has 130 heavy (non-hydrogen) atoms. The zero-order valence-corrected chi connectivity index (χ0v) is 72.5. The molecular weight excluding hydrogens is 1740 g/mol. The van der Waals surface area contributed by atoms with Crippen molar-refractivity contribution in [3.05, 3.63) is 0 Å². The van der Waals surface area contributed by atoms with E-state index in [0.717, 1.165) is 27.7 Å². The van der Waals surface area contributed by atoms with E-state index >= 15 is 0 Å². The molecule has 2 fully saturated rings. The third kappa shape index (κ3) is 44.4. The van der Waals surface area contributed by atoms with E-state index in [-0.39, 0.29) is 64.6 Å². The van der Waals surface area contributed by atoms with Crippen LogP contribution in [0.5, 0.6) is 0 Å². The molecule has 0 bridgehead atoms. The molecule has 57 nitrogen and oxygen atoms in total. The van der Waals surface area contributed by atoms with Gasteiger partial charge < -0.3 is 179 Å². The van der Waals surface area contributed by atoms with Crippen LogP contribution in [0.15, 0.2) is 0 Å². The fraction of sp³-hybridized carbons (Fsp3) is 0.685. The summed E-state index contributed by atoms with van der Waals surface area (Å²) in [5.74, 6) is -20.3. The van der Waals surface area contributed by atoms with Crippen LogP contribution in [-0.2, 0) is 129 Å². The summed E-state index contributed by atoms with van der Waals surface area (Å²) in [6, 6.07) is -14.3. The summed E-state index contributed by atoms with van der Waals surface area (Å²) in [6.45, 7) is 0.350. The highest BCUT2D eigenvalue weighted by molar-refractivity contribution is 5.97. The van der Waals surface area contributed by atoms with Crippen LogP contribution in [0.1, 0.15) is 113 Å². The number of aliphatic hydroxyl groups excluding tert-OH is 5. The summed E-state index contributed by atoms with van der Waals surface area (Å²) in [5, 5.41) is 108. The summed E-state index contributed by atoms with van der Waals surface area (Å²) in [7, 11) is 0. The first-order chi connectivity index (χ1) is 61.1. The third-order valence-corrected chi connectivity index (χ3v) is 18.7. The molecule has 22 amide bonds. The summed E-state index contributed by atoms with van der Waals surface area (Å²) in [5.41, 5.74) is 21.6. The Labute approximate surface area is 742 Å². The van der Waals surface area contributed by atoms with Crippen molar-refractivity contribution in [2.24, 2.45) is 22.9 Å². The molecule has 0 aromatic heterocycles. The maximum Gasteiger partial charge on any atom is 0.325 e. The highest BCUT2D eigenvalue weighted by atomic mass is 16.7. The fourth-order valence-corrected chi connectivity index (χ4v) is 11.6. The van der Waals surface area contributed by atoms with Gasteiger partial charge in [-0.2, -0.15) is 0 Å². The van der Waals surface area contributed by atoms with E-state index in [1.807, 2.05) is 0 Å². The van der Waals surface area contributed by atoms with Gasteiger partial charge in [0, 0.05) is 39.8 Å². The number of nitrogens with two attached hydrogens (primary N) is 4. The molecular formula is C73H122N24O33. The van der Waals surface area contributed by atoms with E-state index in [0.29, 0.717) is 0 Å². The van der Waals surface area contributed by atoms with Crippen LogP contribution in [0.4, 0.5) is 0 Å². The minimum absolute atomic E-state index is 0.0136. The Morgan fingerprint density at radius 3 is 1.11 bits per heavy atom. The monoisotopic (exact) mass is 1860 g/mol. The van der Waals surface area contributed by atoms with Crippen LogP contribution in [0, 0.1) is 0 Å². The standard InChI is InChI=1S/C73H122N24O33/c1-32(75)65(118)96-39(63(76)116)14-16-45(102)94-41(12-8-10-18-78-48(105)21-81-51(108)24-84-53(110)26-83-50(107)23-80-47(104)20-74)69(122)90-33(2)66(119)88-29-56(113)87-28-55(112)86-27-54(111)85-25-52(109)82-22-49(106)79-19-11-9-13-42(70(123)91-35(4)71(124)125)95-46(103)17-15-40(64(77)117)97-67(120)34(3)89-68(121)36(5)127-62-58(93-38(7)101)72(126)128-44(31-99)61(62)130-73-57(92-37(6)100)60(115)59(114)43(30-98)129-73/h32-36,39-44,57-62,72-73,98-99,114-115,126H,8-31,74-75H2,1-7H3,(H2,76,116)(H2,77,117)(H,78,105)(H,79,106)(H,80,104)(H,81,108)(H,82,109)(H,83,107)(H,84,110)(H,85,111)(H,86,112)(H,87,113)(H,88,119)(H,89,121)(H,90,122)(H,91,123)(H,92,100)(H,93,101)(H,94,102)(H,95,103)(H,96,118)(H,97,120)(H,124,125). The van der Waals surface area contributed by atoms with E-state index in [1.54, 1.807) is 0 Å². The van der Waals surface area contributed by atoms with Gasteiger partial charge in [-0.15, -0.1) is 0 Å². The van der Waals surface area contributed by atoms with Crippen LogP contribution in [0.3, 0.4) is 0 Å². The van der Waals surface area contributed by atoms with E-state index < -0.39 is 343 Å². The fourth-order valence-electron chi connectivity index (χ4n) is 11.6. The average Bonchev–Trinajstić information content (AvgIpc) is 0.772. The number of aliphatic carboxylic acids is 1. The van der Waals surface area contributed by atoms with Gasteiger partial charge in [0.05, 0.1) is 84.7 Å². The lowest BCUT2D eigenvalue weighted by atomic mass is 9.94. The van der Waals surface area contributed by atoms with Crippen molar-refractivity contribution in [2.75, 3.05) is 91.8 Å². The SMILES string of the molecule is CC(=O)NC1C(OC2C(CO)OC(O)C(NC(C)=O)C2OC(C)C(=O)NC(C)C(=O)NC(CCC(=O)NC(CCCCNC(=O)CNC(=O)CNC(=O)CNC(=O)CNC(=O)CNC(=O)C(C)NC(=O)C(CCCCNC(=O)CNC(=O)CNC(=O)CNC(=O)CNC(=O)CN)NC(=O)CCC(NC(=O)C(C)N)C(N)=O)C(=O)NC(C)C(=O)O)C(N)=O)OC(CO)C(O)C1O. The Bertz CT molecular complexity index is 3940. The van der Waals surface area contributed by atoms with Gasteiger partial charge in [0.25, 0.3) is 0 Å². The van der Waals surface area contributed by atoms with Gasteiger partial charge in [-0.1, -0.05) is 0 Å². The van der Waals surface area contributed by atoms with Crippen molar-refractivity contribution in [3.63, 3.8) is 0 Å². The van der Waals surface area contributed by atoms with Crippen LogP contribution in [-0.4, -0.2) is 374 Å². The second kappa shape index (κ2) is 59.5. The lowest BCUT2D eigenvalue weighted by Gasteiger charge is -2.48. The first-order valence-electron chi connectivity index (χ1n) is 40.9. The molecule has 2 heterocycles. The molecule has 19 unspecified atom stereocenters. The van der Waals surface area contributed by atoms with Crippen LogP contribution < -0.4 is 129 Å². The van der Waals surface area contributed by atoms with Gasteiger partial charge >= 0.3 is 5.97 Å². The number of amides is 22. The summed E-state index contributed by atoms with van der Waals surface area (Å²) < 4.78 is 23.3. The molecule has 34 N–H and O–H groups in total. The lowest BCUT2D eigenvalue weighted by Crippen LogP contribution is -2.70. The smallest absolute Gasteiger partial charge is 0.325 e. The molecule has 0 spiro atoms. The number of ether oxygens (including phenoxy) is 4. The van der Waals surface area contributed by atoms with Crippen molar-refractivity contribution >= 4 is 136 Å². The number of carbonyl (C=O) groups excluding carboxylic acids is 22. The zero-order chi connectivity index (χ0) is 98.2. The van der Waals surface area contributed by atoms with Gasteiger partial charge in [-0.25, -0.2) is 0 Å². The molecule has 57 heteroatoms. The molecule has 2 rings (SSSR count). The molecule has 0 radical (unpaired) electrons. The predicted molar refractivity (Wildman–Crippen MR) is 439 cm³/mol. The summed E-state index contributed by atoms with van der Waals surface area (Å²) in [6.07, 6.45) is -17.0. The predicted octanol–water partition coefficient (Wildman–Crippen LogP) is -18.7. The Balaban J connectivity index is 1.89. The third-order valence-electron chi connectivity index (χ3n) is 18.7. The number of nitrogens with one attached hydrogen (secondary N) is 20. The quantitative estimate of drug-likeness (QED) is 0.0251. The van der Waals surface area contributed by atoms with Gasteiger partial charge in [0.2, 0.25) is 130 Å². The molecule has 0 aliphatic carbocycles. The zero-order valence-electron chi connectivity index (χ0n) is 72.5. The Kier molecular flexibility index (Phi) is 51.9. The number of rotatable bonds is 59. The van der Waals surface area contributed by atoms with Crippen LogP contribution in [0.2, 0.25) is 0 Å². The molecule has 0 saturated carbocycles. The summed E-state index contributed by atoms with van der Waals surface area (Å²) in [4.78, 5) is 289. The molecule has 2 saturated heterocycles. The molecule has 19 atom stereocenters. The first-order valence-corrected chi connectivity index (χ1v) is 40.9. The number of carboxylic acids is 1. The van der Waals surface area contributed by atoms with Crippen molar-refractivity contribution in [1.82, 2.24) is 106 Å². The van der Waals surface area contributed by atoms with Gasteiger partial charge in [-0.3, -0.25) is 110 Å². The van der Waals surface area contributed by atoms with E-state index in [1.165, 1.54) is 20.8 Å². The molecule has 0 aromatic carbocycles. The molecule has 0 aromatic rings. The molecule has 732 valence electrons. The highest BCUT2D eigenvalue weighted by Gasteiger charge is 2.53. The van der Waals surface area contributed by atoms with Crippen LogP contribution >= 0.6 is 0 Å². The minimum Gasteiger partial charge on any atom is -0.480 e. The maximum absolute atomic E-state index is 13.7. The molecule has 2 aliphatic rings. The number of carboxylic acid groups (broad SMARTS) is 1. The minimum atomic E-state index is -1.95. The first kappa shape index (κ1) is 113. The number of carbonyl (C=O) groups is 23. The van der Waals surface area contributed by atoms with E-state index in [2.05, 4.69) is 106 Å².